The van der Waals surface area contributed by atoms with Gasteiger partial charge >= 0.3 is 0 Å². The lowest BCUT2D eigenvalue weighted by Crippen LogP contribution is -2.64. The third-order valence-corrected chi connectivity index (χ3v) is 6.33. The Morgan fingerprint density at radius 2 is 1.88 bits per heavy atom. The molecule has 1 aromatic heterocycles. The molecule has 4 heterocycles. The monoisotopic (exact) mass is 443 g/mol. The van der Waals surface area contributed by atoms with Gasteiger partial charge in [0.2, 0.25) is 17.7 Å². The van der Waals surface area contributed by atoms with Crippen molar-refractivity contribution in [3.8, 4) is 0 Å². The minimum Gasteiger partial charge on any atom is -0.354 e. The zero-order valence-corrected chi connectivity index (χ0v) is 18.0. The predicted octanol–water partition coefficient (Wildman–Crippen LogP) is -1.48. The van der Waals surface area contributed by atoms with Crippen LogP contribution in [-0.2, 0) is 14.4 Å². The average molecular weight is 444 g/mol. The maximum Gasteiger partial charge on any atom is 0.274 e. The van der Waals surface area contributed by atoms with Gasteiger partial charge in [-0.15, -0.1) is 0 Å². The summed E-state index contributed by atoms with van der Waals surface area (Å²) in [6.45, 7) is 2.83. The fourth-order valence-corrected chi connectivity index (χ4v) is 4.51. The van der Waals surface area contributed by atoms with E-state index in [1.807, 2.05) is 0 Å². The van der Waals surface area contributed by atoms with E-state index in [-0.39, 0.29) is 36.5 Å². The molecule has 0 radical (unpaired) electrons. The largest absolute Gasteiger partial charge is 0.354 e. The van der Waals surface area contributed by atoms with Gasteiger partial charge in [-0.3, -0.25) is 24.2 Å². The maximum absolute atomic E-state index is 13.2. The third-order valence-electron chi connectivity index (χ3n) is 6.33. The van der Waals surface area contributed by atoms with E-state index in [1.54, 1.807) is 4.90 Å². The second kappa shape index (κ2) is 10.0. The van der Waals surface area contributed by atoms with Gasteiger partial charge in [0.05, 0.1) is 12.7 Å². The van der Waals surface area contributed by atoms with Crippen molar-refractivity contribution in [1.82, 2.24) is 35.7 Å². The number of hydrogen-bond donors (Lipinski definition) is 3. The lowest BCUT2D eigenvalue weighted by atomic mass is 9.95. The molecule has 172 valence electrons. The van der Waals surface area contributed by atoms with Crippen LogP contribution in [0.3, 0.4) is 0 Å². The summed E-state index contributed by atoms with van der Waals surface area (Å²) in [6.07, 6.45) is 7.08. The number of nitrogens with one attached hydrogen (secondary N) is 3. The fraction of sp³-hybridized carbons (Fsp3) is 0.619. The Bertz CT molecular complexity index is 859. The highest BCUT2D eigenvalue weighted by atomic mass is 16.2. The summed E-state index contributed by atoms with van der Waals surface area (Å²) < 4.78 is 0. The summed E-state index contributed by atoms with van der Waals surface area (Å²) in [6, 6.07) is -1.54. The third kappa shape index (κ3) is 4.87. The van der Waals surface area contributed by atoms with Crippen molar-refractivity contribution in [2.24, 2.45) is 5.92 Å². The molecule has 4 rings (SSSR count). The molecule has 3 aliphatic heterocycles. The first-order valence-electron chi connectivity index (χ1n) is 11.2. The van der Waals surface area contributed by atoms with Crippen LogP contribution >= 0.6 is 0 Å². The molecule has 4 amide bonds. The molecule has 11 nitrogen and oxygen atoms in total. The van der Waals surface area contributed by atoms with Crippen molar-refractivity contribution in [2.45, 2.75) is 37.8 Å². The fourth-order valence-electron chi connectivity index (χ4n) is 4.51. The van der Waals surface area contributed by atoms with Gasteiger partial charge in [-0.2, -0.15) is 0 Å². The zero-order chi connectivity index (χ0) is 22.5. The van der Waals surface area contributed by atoms with Gasteiger partial charge in [0.1, 0.15) is 17.8 Å². The summed E-state index contributed by atoms with van der Waals surface area (Å²) in [5, 5.41) is 8.78. The van der Waals surface area contributed by atoms with Crippen LogP contribution < -0.4 is 16.0 Å². The van der Waals surface area contributed by atoms with Crippen molar-refractivity contribution in [3.63, 3.8) is 0 Å². The van der Waals surface area contributed by atoms with Crippen LogP contribution in [0.4, 0.5) is 0 Å². The Morgan fingerprint density at radius 3 is 2.59 bits per heavy atom. The van der Waals surface area contributed by atoms with Crippen LogP contribution in [0.25, 0.3) is 0 Å². The molecule has 3 aliphatic rings. The number of rotatable bonds is 4. The number of hydrogen-bond acceptors (Lipinski definition) is 7. The Kier molecular flexibility index (Phi) is 6.93. The number of aromatic nitrogens is 2. The number of piperidine rings is 2. The molecule has 11 heteroatoms. The number of carbonyl (C=O) groups excluding carboxylic acids is 4. The number of piperazine rings is 1. The van der Waals surface area contributed by atoms with Gasteiger partial charge in [-0.1, -0.05) is 0 Å². The lowest BCUT2D eigenvalue weighted by molar-refractivity contribution is -0.142. The first-order chi connectivity index (χ1) is 15.5. The van der Waals surface area contributed by atoms with Crippen molar-refractivity contribution >= 4 is 23.6 Å². The van der Waals surface area contributed by atoms with Crippen LogP contribution in [0.2, 0.25) is 0 Å². The highest BCUT2D eigenvalue weighted by Gasteiger charge is 2.40. The molecule has 1 aromatic rings. The number of carbonyl (C=O) groups is 4. The molecule has 0 aliphatic carbocycles. The highest BCUT2D eigenvalue weighted by molar-refractivity contribution is 5.97. The standard InChI is InChI=1S/C21H29N7O4/c29-18-15(2-1-5-25-18)26-19(30)17-13-27(20(31)14-3-6-22-7-4-14)10-11-28(17)21(32)16-12-23-8-9-24-16/h8-9,12,14-15,17,22H,1-7,10-11,13H2,(H,25,29)(H,26,30). The summed E-state index contributed by atoms with van der Waals surface area (Å²) in [4.78, 5) is 62.7. The van der Waals surface area contributed by atoms with Crippen LogP contribution in [0, 0.1) is 5.92 Å². The van der Waals surface area contributed by atoms with E-state index in [9.17, 15) is 19.2 Å². The zero-order valence-electron chi connectivity index (χ0n) is 18.0. The van der Waals surface area contributed by atoms with Gasteiger partial charge in [0, 0.05) is 37.9 Å². The van der Waals surface area contributed by atoms with Gasteiger partial charge in [-0.05, 0) is 38.8 Å². The van der Waals surface area contributed by atoms with Crippen LogP contribution in [-0.4, -0.2) is 94.7 Å². The first-order valence-corrected chi connectivity index (χ1v) is 11.2. The number of amides is 4. The van der Waals surface area contributed by atoms with Crippen LogP contribution in [0.5, 0.6) is 0 Å². The minimum absolute atomic E-state index is 0.0197. The molecule has 2 unspecified atom stereocenters. The summed E-state index contributed by atoms with van der Waals surface area (Å²) in [5.41, 5.74) is 0.138. The number of nitrogens with zero attached hydrogens (tertiary/aromatic N) is 4. The molecular weight excluding hydrogens is 414 g/mol. The Labute approximate surface area is 186 Å². The smallest absolute Gasteiger partial charge is 0.274 e. The normalized spacial score (nSPS) is 24.6. The van der Waals surface area contributed by atoms with Crippen molar-refractivity contribution in [2.75, 3.05) is 39.3 Å². The topological polar surface area (TPSA) is 137 Å². The van der Waals surface area contributed by atoms with E-state index < -0.39 is 23.9 Å². The van der Waals surface area contributed by atoms with E-state index in [0.29, 0.717) is 19.5 Å². The van der Waals surface area contributed by atoms with Gasteiger partial charge < -0.3 is 25.8 Å². The first kappa shape index (κ1) is 22.1. The molecule has 0 spiro atoms. The Balaban J connectivity index is 1.51. The molecule has 0 aromatic carbocycles. The predicted molar refractivity (Wildman–Crippen MR) is 113 cm³/mol. The van der Waals surface area contributed by atoms with Gasteiger partial charge in [0.15, 0.2) is 0 Å². The second-order valence-corrected chi connectivity index (χ2v) is 8.41. The van der Waals surface area contributed by atoms with E-state index >= 15 is 0 Å². The van der Waals surface area contributed by atoms with E-state index in [1.165, 1.54) is 23.5 Å². The van der Waals surface area contributed by atoms with Crippen molar-refractivity contribution in [1.29, 1.82) is 0 Å². The van der Waals surface area contributed by atoms with Gasteiger partial charge in [-0.25, -0.2) is 4.98 Å². The molecule has 0 bridgehead atoms. The van der Waals surface area contributed by atoms with Crippen molar-refractivity contribution < 1.29 is 19.2 Å². The maximum atomic E-state index is 13.2. The lowest BCUT2D eigenvalue weighted by Gasteiger charge is -2.42. The van der Waals surface area contributed by atoms with E-state index in [0.717, 1.165) is 32.4 Å². The highest BCUT2D eigenvalue weighted by Crippen LogP contribution is 2.20. The molecule has 3 fully saturated rings. The molecule has 3 N–H and O–H groups in total. The summed E-state index contributed by atoms with van der Waals surface area (Å²) in [5.74, 6) is -1.14. The average Bonchev–Trinajstić information content (AvgIpc) is 2.85. The van der Waals surface area contributed by atoms with E-state index in [4.69, 9.17) is 0 Å². The van der Waals surface area contributed by atoms with Gasteiger partial charge in [0.25, 0.3) is 5.91 Å². The molecule has 0 saturated carbocycles. The van der Waals surface area contributed by atoms with E-state index in [2.05, 4.69) is 25.9 Å². The molecule has 3 saturated heterocycles. The Hall–Kier alpha value is -3.08. The summed E-state index contributed by atoms with van der Waals surface area (Å²) >= 11 is 0. The molecule has 2 atom stereocenters. The summed E-state index contributed by atoms with van der Waals surface area (Å²) in [7, 11) is 0. The van der Waals surface area contributed by atoms with Crippen molar-refractivity contribution in [3.05, 3.63) is 24.3 Å². The quantitative estimate of drug-likeness (QED) is 0.516. The SMILES string of the molecule is O=C1NCCCC1NC(=O)C1CN(C(=O)C2CCNCC2)CCN1C(=O)c1cnccn1. The second-order valence-electron chi connectivity index (χ2n) is 8.41. The Morgan fingerprint density at radius 1 is 1.06 bits per heavy atom. The minimum atomic E-state index is -0.904. The van der Waals surface area contributed by atoms with Crippen LogP contribution in [0.1, 0.15) is 36.2 Å². The molecule has 32 heavy (non-hydrogen) atoms. The molecular formula is C21H29N7O4. The van der Waals surface area contributed by atoms with Crippen LogP contribution in [0.15, 0.2) is 18.6 Å².